The monoisotopic (exact) mass is 347 g/mol. The number of fused-ring (bicyclic) bond motifs is 3. The maximum atomic E-state index is 13.1. The van der Waals surface area contributed by atoms with Crippen molar-refractivity contribution in [3.8, 4) is 0 Å². The van der Waals surface area contributed by atoms with Crippen molar-refractivity contribution in [2.45, 2.75) is 31.5 Å². The van der Waals surface area contributed by atoms with Gasteiger partial charge in [-0.1, -0.05) is 24.3 Å². The van der Waals surface area contributed by atoms with Gasteiger partial charge in [0.1, 0.15) is 5.82 Å². The Morgan fingerprint density at radius 1 is 1.08 bits per heavy atom. The molecule has 2 aliphatic rings. The number of piperidine rings is 1. The summed E-state index contributed by atoms with van der Waals surface area (Å²) in [6, 6.07) is 16.5. The van der Waals surface area contributed by atoms with Gasteiger partial charge in [-0.05, 0) is 48.6 Å². The summed E-state index contributed by atoms with van der Waals surface area (Å²) in [4.78, 5) is 6.78. The average Bonchev–Trinajstić information content (AvgIpc) is 3.24. The smallest absolute Gasteiger partial charge is 0.123 e. The first-order chi connectivity index (χ1) is 12.8. The van der Waals surface area contributed by atoms with E-state index in [1.807, 2.05) is 24.5 Å². The molecule has 5 rings (SSSR count). The predicted molar refractivity (Wildman–Crippen MR) is 102 cm³/mol. The summed E-state index contributed by atoms with van der Waals surface area (Å²) in [6.07, 6.45) is 6.21. The number of hydrogen-bond acceptors (Lipinski definition) is 3. The minimum absolute atomic E-state index is 0.161. The molecule has 1 saturated heterocycles. The number of likely N-dealkylation sites (tertiary alicyclic amines) is 1. The van der Waals surface area contributed by atoms with Gasteiger partial charge < -0.3 is 5.32 Å². The molecule has 26 heavy (non-hydrogen) atoms. The molecule has 1 aliphatic carbocycles. The fourth-order valence-electron chi connectivity index (χ4n) is 4.69. The lowest BCUT2D eigenvalue weighted by molar-refractivity contribution is 0.197. The zero-order chi connectivity index (χ0) is 17.5. The van der Waals surface area contributed by atoms with E-state index in [2.05, 4.69) is 39.5 Å². The number of halogens is 1. The molecule has 1 saturated carbocycles. The Labute approximate surface area is 152 Å². The molecule has 0 spiro atoms. The zero-order valence-corrected chi connectivity index (χ0v) is 14.6. The predicted octanol–water partition coefficient (Wildman–Crippen LogP) is 4.45. The van der Waals surface area contributed by atoms with E-state index >= 15 is 0 Å². The van der Waals surface area contributed by atoms with Gasteiger partial charge in [-0.15, -0.1) is 0 Å². The van der Waals surface area contributed by atoms with E-state index in [1.54, 1.807) is 12.1 Å². The van der Waals surface area contributed by atoms with Crippen LogP contribution in [0.25, 0.3) is 10.8 Å². The maximum Gasteiger partial charge on any atom is 0.123 e. The van der Waals surface area contributed by atoms with Gasteiger partial charge in [0.05, 0.1) is 0 Å². The van der Waals surface area contributed by atoms with Gasteiger partial charge in [-0.3, -0.25) is 9.88 Å². The van der Waals surface area contributed by atoms with Crippen molar-refractivity contribution in [1.82, 2.24) is 9.88 Å². The quantitative estimate of drug-likeness (QED) is 0.756. The SMILES string of the molecule is Fc1ccc(CN2CC3CC2CC3Nc2cccc3cnccc23)cc1. The molecular formula is C22H22FN3. The Morgan fingerprint density at radius 2 is 1.96 bits per heavy atom. The lowest BCUT2D eigenvalue weighted by atomic mass is 10.0. The van der Waals surface area contributed by atoms with Crippen molar-refractivity contribution in [2.75, 3.05) is 11.9 Å². The van der Waals surface area contributed by atoms with Gasteiger partial charge in [-0.25, -0.2) is 4.39 Å². The molecule has 1 N–H and O–H groups in total. The lowest BCUT2D eigenvalue weighted by Crippen LogP contribution is -2.40. The van der Waals surface area contributed by atoms with Gasteiger partial charge in [0.15, 0.2) is 0 Å². The molecular weight excluding hydrogens is 325 g/mol. The van der Waals surface area contributed by atoms with E-state index in [-0.39, 0.29) is 5.82 Å². The van der Waals surface area contributed by atoms with Crippen molar-refractivity contribution < 1.29 is 4.39 Å². The van der Waals surface area contributed by atoms with Crippen LogP contribution in [0.5, 0.6) is 0 Å². The lowest BCUT2D eigenvalue weighted by Gasteiger charge is -2.32. The van der Waals surface area contributed by atoms with Crippen molar-refractivity contribution in [1.29, 1.82) is 0 Å². The fourth-order valence-corrected chi connectivity index (χ4v) is 4.69. The van der Waals surface area contributed by atoms with E-state index in [0.29, 0.717) is 18.0 Å². The molecule has 3 atom stereocenters. The number of anilines is 1. The Morgan fingerprint density at radius 3 is 2.77 bits per heavy atom. The molecule has 2 heterocycles. The fraction of sp³-hybridized carbons (Fsp3) is 0.318. The normalized spacial score (nSPS) is 25.0. The Balaban J connectivity index is 1.28. The molecule has 2 aromatic carbocycles. The third-order valence-electron chi connectivity index (χ3n) is 5.98. The summed E-state index contributed by atoms with van der Waals surface area (Å²) in [5, 5.41) is 6.23. The Bertz CT molecular complexity index is 919. The van der Waals surface area contributed by atoms with Crippen LogP contribution in [0.15, 0.2) is 60.9 Å². The van der Waals surface area contributed by atoms with Gasteiger partial charge >= 0.3 is 0 Å². The van der Waals surface area contributed by atoms with Crippen LogP contribution in [0.2, 0.25) is 0 Å². The van der Waals surface area contributed by atoms with E-state index in [9.17, 15) is 4.39 Å². The number of rotatable bonds is 4. The van der Waals surface area contributed by atoms with Crippen LogP contribution in [0.3, 0.4) is 0 Å². The largest absolute Gasteiger partial charge is 0.381 e. The third-order valence-corrected chi connectivity index (χ3v) is 5.98. The van der Waals surface area contributed by atoms with E-state index in [4.69, 9.17) is 0 Å². The highest BCUT2D eigenvalue weighted by atomic mass is 19.1. The number of aromatic nitrogens is 1. The first kappa shape index (κ1) is 15.8. The van der Waals surface area contributed by atoms with Crippen LogP contribution in [0.1, 0.15) is 18.4 Å². The molecule has 2 fully saturated rings. The van der Waals surface area contributed by atoms with Gasteiger partial charge in [0.25, 0.3) is 0 Å². The summed E-state index contributed by atoms with van der Waals surface area (Å²) in [5.41, 5.74) is 2.41. The van der Waals surface area contributed by atoms with Gasteiger partial charge in [-0.2, -0.15) is 0 Å². The molecule has 3 unspecified atom stereocenters. The molecule has 1 aliphatic heterocycles. The van der Waals surface area contributed by atoms with E-state index in [0.717, 1.165) is 13.1 Å². The second-order valence-corrected chi connectivity index (χ2v) is 7.59. The van der Waals surface area contributed by atoms with Crippen LogP contribution in [0.4, 0.5) is 10.1 Å². The average molecular weight is 347 g/mol. The molecule has 132 valence electrons. The second-order valence-electron chi connectivity index (χ2n) is 7.59. The number of hydrogen-bond donors (Lipinski definition) is 1. The summed E-state index contributed by atoms with van der Waals surface area (Å²) in [7, 11) is 0. The molecule has 4 heteroatoms. The van der Waals surface area contributed by atoms with Crippen molar-refractivity contribution in [3.63, 3.8) is 0 Å². The molecule has 0 amide bonds. The minimum Gasteiger partial charge on any atom is -0.381 e. The Hall–Kier alpha value is -2.46. The van der Waals surface area contributed by atoms with E-state index in [1.165, 1.54) is 34.9 Å². The first-order valence-corrected chi connectivity index (χ1v) is 9.34. The number of pyridine rings is 1. The topological polar surface area (TPSA) is 28.2 Å². The summed E-state index contributed by atoms with van der Waals surface area (Å²) >= 11 is 0. The molecule has 0 radical (unpaired) electrons. The Kier molecular flexibility index (Phi) is 3.86. The zero-order valence-electron chi connectivity index (χ0n) is 14.6. The maximum absolute atomic E-state index is 13.1. The second kappa shape index (κ2) is 6.36. The van der Waals surface area contributed by atoms with Gasteiger partial charge in [0, 0.05) is 54.0 Å². The molecule has 1 aromatic heterocycles. The minimum atomic E-state index is -0.161. The standard InChI is InChI=1S/C22H22FN3/c23-18-6-4-15(5-7-18)13-26-14-17-10-19(26)11-22(17)25-21-3-1-2-16-12-24-9-8-20(16)21/h1-9,12,17,19,22,25H,10-11,13-14H2. The summed E-state index contributed by atoms with van der Waals surface area (Å²) in [5.74, 6) is 0.517. The van der Waals surface area contributed by atoms with Crippen LogP contribution < -0.4 is 5.32 Å². The number of nitrogens with zero attached hydrogens (tertiary/aromatic N) is 2. The first-order valence-electron chi connectivity index (χ1n) is 9.34. The highest BCUT2D eigenvalue weighted by Crippen LogP contribution is 2.40. The highest BCUT2D eigenvalue weighted by Gasteiger charge is 2.44. The molecule has 2 bridgehead atoms. The van der Waals surface area contributed by atoms with E-state index < -0.39 is 0 Å². The number of nitrogens with one attached hydrogen (secondary N) is 1. The summed E-state index contributed by atoms with van der Waals surface area (Å²) < 4.78 is 13.1. The third kappa shape index (κ3) is 2.84. The van der Waals surface area contributed by atoms with Crippen LogP contribution in [0, 0.1) is 11.7 Å². The van der Waals surface area contributed by atoms with Crippen molar-refractivity contribution in [3.05, 3.63) is 72.3 Å². The van der Waals surface area contributed by atoms with Crippen LogP contribution >= 0.6 is 0 Å². The number of benzene rings is 2. The summed E-state index contributed by atoms with van der Waals surface area (Å²) in [6.45, 7) is 2.04. The van der Waals surface area contributed by atoms with Gasteiger partial charge in [0.2, 0.25) is 0 Å². The van der Waals surface area contributed by atoms with Crippen molar-refractivity contribution >= 4 is 16.5 Å². The van der Waals surface area contributed by atoms with Crippen molar-refractivity contribution in [2.24, 2.45) is 5.92 Å². The van der Waals surface area contributed by atoms with Crippen LogP contribution in [-0.2, 0) is 6.54 Å². The molecule has 3 aromatic rings. The highest BCUT2D eigenvalue weighted by molar-refractivity contribution is 5.93. The van der Waals surface area contributed by atoms with Crippen LogP contribution in [-0.4, -0.2) is 28.5 Å². The molecule has 3 nitrogen and oxygen atoms in total.